The van der Waals surface area contributed by atoms with Gasteiger partial charge in [0.25, 0.3) is 0 Å². The summed E-state index contributed by atoms with van der Waals surface area (Å²) in [7, 11) is 5.04. The highest BCUT2D eigenvalue weighted by Gasteiger charge is 2.24. The minimum absolute atomic E-state index is 0.330. The van der Waals surface area contributed by atoms with Crippen LogP contribution in [0.3, 0.4) is 0 Å². The van der Waals surface area contributed by atoms with Gasteiger partial charge in [-0.2, -0.15) is 0 Å². The van der Waals surface area contributed by atoms with Crippen LogP contribution >= 0.6 is 0 Å². The quantitative estimate of drug-likeness (QED) is 0.475. The van der Waals surface area contributed by atoms with Gasteiger partial charge in [0, 0.05) is 56.1 Å². The third-order valence-corrected chi connectivity index (χ3v) is 5.40. The van der Waals surface area contributed by atoms with Crippen LogP contribution in [0.4, 0.5) is 5.69 Å². The van der Waals surface area contributed by atoms with E-state index in [1.165, 1.54) is 5.56 Å². The van der Waals surface area contributed by atoms with Crippen molar-refractivity contribution in [3.05, 3.63) is 48.0 Å². The van der Waals surface area contributed by atoms with Crippen molar-refractivity contribution < 1.29 is 14.2 Å². The third-order valence-electron chi connectivity index (χ3n) is 5.40. The van der Waals surface area contributed by atoms with Gasteiger partial charge < -0.3 is 29.7 Å². The Morgan fingerprint density at radius 2 is 1.68 bits per heavy atom. The normalized spacial score (nSPS) is 16.2. The van der Waals surface area contributed by atoms with Crippen molar-refractivity contribution in [1.82, 2.24) is 10.6 Å². The highest BCUT2D eigenvalue weighted by molar-refractivity contribution is 5.80. The molecule has 168 valence electrons. The van der Waals surface area contributed by atoms with Gasteiger partial charge in [-0.15, -0.1) is 0 Å². The predicted octanol–water partition coefficient (Wildman–Crippen LogP) is 3.09. The molecule has 3 rings (SSSR count). The summed E-state index contributed by atoms with van der Waals surface area (Å²) in [6.45, 7) is 5.52. The molecule has 0 aliphatic carbocycles. The van der Waals surface area contributed by atoms with Crippen molar-refractivity contribution in [2.75, 3.05) is 52.4 Å². The molecule has 0 radical (unpaired) electrons. The lowest BCUT2D eigenvalue weighted by atomic mass is 10.1. The Morgan fingerprint density at radius 1 is 1.00 bits per heavy atom. The number of rotatable bonds is 9. The molecule has 7 nitrogen and oxygen atoms in total. The van der Waals surface area contributed by atoms with Crippen LogP contribution in [0.1, 0.15) is 18.9 Å². The number of hydrogen-bond donors (Lipinski definition) is 2. The molecule has 0 aromatic heterocycles. The number of aliphatic imine (C=N–C) groups is 1. The molecule has 2 N–H and O–H groups in total. The summed E-state index contributed by atoms with van der Waals surface area (Å²) in [5.74, 6) is 3.35. The Labute approximate surface area is 185 Å². The van der Waals surface area contributed by atoms with Crippen LogP contribution in [-0.4, -0.2) is 59.5 Å². The van der Waals surface area contributed by atoms with Crippen LogP contribution < -0.4 is 29.7 Å². The minimum atomic E-state index is 0.330. The fourth-order valence-electron chi connectivity index (χ4n) is 3.69. The maximum absolute atomic E-state index is 5.42. The van der Waals surface area contributed by atoms with E-state index in [2.05, 4.69) is 46.7 Å². The van der Waals surface area contributed by atoms with E-state index in [4.69, 9.17) is 19.2 Å². The maximum atomic E-state index is 5.42. The topological polar surface area (TPSA) is 67.4 Å². The van der Waals surface area contributed by atoms with Crippen LogP contribution in [-0.2, 0) is 6.42 Å². The number of guanidine groups is 1. The van der Waals surface area contributed by atoms with E-state index >= 15 is 0 Å². The van der Waals surface area contributed by atoms with Crippen LogP contribution in [0.25, 0.3) is 0 Å². The molecule has 2 aromatic carbocycles. The van der Waals surface area contributed by atoms with Gasteiger partial charge in [-0.05, 0) is 37.5 Å². The van der Waals surface area contributed by atoms with Crippen LogP contribution in [0.2, 0.25) is 0 Å². The average molecular weight is 427 g/mol. The first-order valence-corrected chi connectivity index (χ1v) is 10.8. The highest BCUT2D eigenvalue weighted by atomic mass is 16.5. The smallest absolute Gasteiger partial charge is 0.191 e. The highest BCUT2D eigenvalue weighted by Crippen LogP contribution is 2.30. The van der Waals surface area contributed by atoms with E-state index in [1.807, 2.05) is 18.2 Å². The van der Waals surface area contributed by atoms with Crippen LogP contribution in [0, 0.1) is 0 Å². The maximum Gasteiger partial charge on any atom is 0.191 e. The number of benzene rings is 2. The predicted molar refractivity (Wildman–Crippen MR) is 126 cm³/mol. The monoisotopic (exact) mass is 426 g/mol. The van der Waals surface area contributed by atoms with Crippen molar-refractivity contribution in [3.63, 3.8) is 0 Å². The fraction of sp³-hybridized carbons (Fsp3) is 0.458. The van der Waals surface area contributed by atoms with Crippen molar-refractivity contribution in [1.29, 1.82) is 0 Å². The van der Waals surface area contributed by atoms with E-state index in [0.717, 1.165) is 67.9 Å². The van der Waals surface area contributed by atoms with Crippen LogP contribution in [0.15, 0.2) is 47.5 Å². The number of nitrogens with zero attached hydrogens (tertiary/aromatic N) is 2. The zero-order chi connectivity index (χ0) is 22.1. The minimum Gasteiger partial charge on any atom is -0.497 e. The lowest BCUT2D eigenvalue weighted by molar-refractivity contribution is 0.394. The molecule has 1 atom stereocenters. The molecular weight excluding hydrogens is 392 g/mol. The van der Waals surface area contributed by atoms with Crippen molar-refractivity contribution in [2.45, 2.75) is 25.8 Å². The molecule has 0 saturated carbocycles. The molecule has 1 saturated heterocycles. The molecule has 0 amide bonds. The zero-order valence-corrected chi connectivity index (χ0v) is 19.0. The average Bonchev–Trinajstić information content (AvgIpc) is 3.27. The van der Waals surface area contributed by atoms with Crippen molar-refractivity contribution in [3.8, 4) is 17.2 Å². The second-order valence-corrected chi connectivity index (χ2v) is 7.51. The summed E-state index contributed by atoms with van der Waals surface area (Å²) in [5.41, 5.74) is 2.36. The van der Waals surface area contributed by atoms with E-state index in [-0.39, 0.29) is 0 Å². The molecule has 0 bridgehead atoms. The molecule has 1 aliphatic rings. The van der Waals surface area contributed by atoms with Crippen molar-refractivity contribution in [2.24, 2.45) is 4.99 Å². The van der Waals surface area contributed by atoms with Gasteiger partial charge in [0.2, 0.25) is 0 Å². The summed E-state index contributed by atoms with van der Waals surface area (Å²) < 4.78 is 16.1. The first kappa shape index (κ1) is 22.6. The molecule has 1 aliphatic heterocycles. The number of methoxy groups -OCH3 is 3. The Morgan fingerprint density at radius 3 is 2.29 bits per heavy atom. The van der Waals surface area contributed by atoms with Crippen molar-refractivity contribution >= 4 is 11.6 Å². The number of anilines is 1. The van der Waals surface area contributed by atoms with Gasteiger partial charge >= 0.3 is 0 Å². The summed E-state index contributed by atoms with van der Waals surface area (Å²) in [6, 6.07) is 14.5. The molecule has 31 heavy (non-hydrogen) atoms. The van der Waals surface area contributed by atoms with E-state index in [0.29, 0.717) is 6.04 Å². The third kappa shape index (κ3) is 6.44. The van der Waals surface area contributed by atoms with E-state index < -0.39 is 0 Å². The number of ether oxygens (including phenoxy) is 3. The van der Waals surface area contributed by atoms with Gasteiger partial charge in [0.1, 0.15) is 17.2 Å². The van der Waals surface area contributed by atoms with E-state index in [1.54, 1.807) is 21.3 Å². The van der Waals surface area contributed by atoms with Gasteiger partial charge in [-0.25, -0.2) is 0 Å². The largest absolute Gasteiger partial charge is 0.497 e. The Hall–Kier alpha value is -3.09. The number of hydrogen-bond acceptors (Lipinski definition) is 5. The molecule has 7 heteroatoms. The fourth-order valence-corrected chi connectivity index (χ4v) is 3.69. The van der Waals surface area contributed by atoms with Gasteiger partial charge in [-0.3, -0.25) is 4.99 Å². The van der Waals surface area contributed by atoms with Gasteiger partial charge in [0.05, 0.1) is 21.3 Å². The zero-order valence-electron chi connectivity index (χ0n) is 19.0. The lowest BCUT2D eigenvalue weighted by Crippen LogP contribution is -2.44. The van der Waals surface area contributed by atoms with Crippen LogP contribution in [0.5, 0.6) is 17.2 Å². The van der Waals surface area contributed by atoms with Gasteiger partial charge in [0.15, 0.2) is 5.96 Å². The first-order valence-electron chi connectivity index (χ1n) is 10.8. The molecule has 0 spiro atoms. The number of nitrogens with one attached hydrogen (secondary N) is 2. The molecular formula is C24H34N4O3. The summed E-state index contributed by atoms with van der Waals surface area (Å²) in [4.78, 5) is 7.12. The molecule has 2 aromatic rings. The Balaban J connectivity index is 1.57. The summed E-state index contributed by atoms with van der Waals surface area (Å²) in [5, 5.41) is 6.96. The SMILES string of the molecule is CCNC(=NCCc1ccc(OC)cc1)NC1CCN(c2cc(OC)cc(OC)c2)C1. The van der Waals surface area contributed by atoms with Gasteiger partial charge in [-0.1, -0.05) is 12.1 Å². The Bertz CT molecular complexity index is 832. The summed E-state index contributed by atoms with van der Waals surface area (Å²) in [6.07, 6.45) is 1.93. The first-order chi connectivity index (χ1) is 15.1. The molecule has 1 unspecified atom stereocenters. The second-order valence-electron chi connectivity index (χ2n) is 7.51. The Kier molecular flexibility index (Phi) is 8.27. The second kappa shape index (κ2) is 11.3. The summed E-state index contributed by atoms with van der Waals surface area (Å²) >= 11 is 0. The molecule has 1 fully saturated rings. The lowest BCUT2D eigenvalue weighted by Gasteiger charge is -2.21. The standard InChI is InChI=1S/C24H34N4O3/c1-5-25-24(26-12-10-18-6-8-21(29-2)9-7-18)27-19-11-13-28(17-19)20-14-22(30-3)16-23(15-20)31-4/h6-9,14-16,19H,5,10-13,17H2,1-4H3,(H2,25,26,27). The molecule has 1 heterocycles. The van der Waals surface area contributed by atoms with E-state index in [9.17, 15) is 0 Å².